The molecule has 1 amide bonds. The Morgan fingerprint density at radius 2 is 1.35 bits per heavy atom. The number of nitrogens with one attached hydrogen (secondary N) is 2. The van der Waals surface area contributed by atoms with Crippen LogP contribution in [0.5, 0.6) is 5.75 Å². The van der Waals surface area contributed by atoms with Crippen LogP contribution < -0.4 is 15.4 Å². The summed E-state index contributed by atoms with van der Waals surface area (Å²) in [6.45, 7) is 4.14. The average Bonchev–Trinajstić information content (AvgIpc) is 2.91. The maximum atomic E-state index is 13.4. The Labute approximate surface area is 224 Å². The van der Waals surface area contributed by atoms with E-state index in [0.29, 0.717) is 18.8 Å². The van der Waals surface area contributed by atoms with Crippen molar-refractivity contribution in [2.75, 3.05) is 12.2 Å². The predicted octanol–water partition coefficient (Wildman–Crippen LogP) is 4.77. The molecule has 0 aromatic heterocycles. The van der Waals surface area contributed by atoms with Crippen LogP contribution in [0.4, 0.5) is 0 Å². The SMILES string of the molecule is CSCOc1ccc(C[C@H](NC(=O)[C@H](Cc2ccccc2)NC(C)C)C(=O)OCc2ccccc2)cc1. The van der Waals surface area contributed by atoms with Gasteiger partial charge in [-0.25, -0.2) is 4.79 Å². The van der Waals surface area contributed by atoms with E-state index in [9.17, 15) is 9.59 Å². The third-order valence-corrected chi connectivity index (χ3v) is 6.02. The summed E-state index contributed by atoms with van der Waals surface area (Å²) in [7, 11) is 0. The first-order chi connectivity index (χ1) is 17.9. The molecule has 7 heteroatoms. The summed E-state index contributed by atoms with van der Waals surface area (Å²) in [5.74, 6) is 0.617. The summed E-state index contributed by atoms with van der Waals surface area (Å²) in [5.41, 5.74) is 2.83. The summed E-state index contributed by atoms with van der Waals surface area (Å²) >= 11 is 1.60. The molecule has 0 bridgehead atoms. The van der Waals surface area contributed by atoms with Crippen molar-refractivity contribution in [3.63, 3.8) is 0 Å². The van der Waals surface area contributed by atoms with Crippen LogP contribution in [-0.4, -0.2) is 42.2 Å². The summed E-state index contributed by atoms with van der Waals surface area (Å²) in [6.07, 6.45) is 2.79. The van der Waals surface area contributed by atoms with Crippen LogP contribution in [0.15, 0.2) is 84.9 Å². The molecule has 0 aliphatic carbocycles. The van der Waals surface area contributed by atoms with E-state index >= 15 is 0 Å². The standard InChI is InChI=1S/C30H36N2O4S/c1-22(2)31-27(18-23-10-6-4-7-11-23)29(33)32-28(30(34)35-20-25-12-8-5-9-13-25)19-24-14-16-26(17-15-24)36-21-37-3/h4-17,22,27-28,31H,18-21H2,1-3H3,(H,32,33)/t27-,28-/m0/s1. The van der Waals surface area contributed by atoms with Crippen molar-refractivity contribution >= 4 is 23.6 Å². The molecule has 0 aliphatic rings. The second kappa shape index (κ2) is 15.1. The number of amides is 1. The molecule has 0 unspecified atom stereocenters. The number of ether oxygens (including phenoxy) is 2. The normalized spacial score (nSPS) is 12.5. The van der Waals surface area contributed by atoms with Gasteiger partial charge in [-0.15, -0.1) is 11.8 Å². The van der Waals surface area contributed by atoms with E-state index in [4.69, 9.17) is 9.47 Å². The van der Waals surface area contributed by atoms with Crippen molar-refractivity contribution in [3.8, 4) is 5.75 Å². The lowest BCUT2D eigenvalue weighted by Gasteiger charge is -2.24. The van der Waals surface area contributed by atoms with Gasteiger partial charge in [0.15, 0.2) is 0 Å². The zero-order valence-corrected chi connectivity index (χ0v) is 22.5. The average molecular weight is 521 g/mol. The number of hydrogen-bond acceptors (Lipinski definition) is 6. The van der Waals surface area contributed by atoms with Crippen LogP contribution in [0.3, 0.4) is 0 Å². The predicted molar refractivity (Wildman–Crippen MR) is 150 cm³/mol. The third kappa shape index (κ3) is 9.94. The summed E-state index contributed by atoms with van der Waals surface area (Å²) in [4.78, 5) is 26.6. The first kappa shape index (κ1) is 28.3. The Morgan fingerprint density at radius 3 is 1.95 bits per heavy atom. The highest BCUT2D eigenvalue weighted by Gasteiger charge is 2.27. The molecular formula is C30H36N2O4S. The van der Waals surface area contributed by atoms with Gasteiger partial charge >= 0.3 is 5.97 Å². The van der Waals surface area contributed by atoms with Crippen LogP contribution in [0.25, 0.3) is 0 Å². The maximum absolute atomic E-state index is 13.4. The summed E-state index contributed by atoms with van der Waals surface area (Å²) in [5, 5.41) is 6.30. The van der Waals surface area contributed by atoms with Gasteiger partial charge in [0.1, 0.15) is 24.3 Å². The molecule has 0 heterocycles. The molecule has 0 fully saturated rings. The zero-order chi connectivity index (χ0) is 26.5. The maximum Gasteiger partial charge on any atom is 0.329 e. The van der Waals surface area contributed by atoms with Crippen LogP contribution >= 0.6 is 11.8 Å². The van der Waals surface area contributed by atoms with Crippen LogP contribution in [0.2, 0.25) is 0 Å². The topological polar surface area (TPSA) is 76.7 Å². The van der Waals surface area contributed by atoms with E-state index in [-0.39, 0.29) is 18.6 Å². The smallest absolute Gasteiger partial charge is 0.329 e. The van der Waals surface area contributed by atoms with Crippen molar-refractivity contribution in [1.82, 2.24) is 10.6 Å². The Balaban J connectivity index is 1.74. The van der Waals surface area contributed by atoms with Crippen molar-refractivity contribution in [3.05, 3.63) is 102 Å². The van der Waals surface area contributed by atoms with Gasteiger partial charge in [0.05, 0.1) is 6.04 Å². The minimum Gasteiger partial charge on any atom is -0.483 e. The zero-order valence-electron chi connectivity index (χ0n) is 21.7. The Hall–Kier alpha value is -3.29. The highest BCUT2D eigenvalue weighted by molar-refractivity contribution is 7.98. The largest absolute Gasteiger partial charge is 0.483 e. The number of rotatable bonds is 14. The Morgan fingerprint density at radius 1 is 0.784 bits per heavy atom. The number of carbonyl (C=O) groups excluding carboxylic acids is 2. The fraction of sp³-hybridized carbons (Fsp3) is 0.333. The number of hydrogen-bond donors (Lipinski definition) is 2. The Kier molecular flexibility index (Phi) is 11.5. The monoisotopic (exact) mass is 520 g/mol. The molecule has 0 saturated heterocycles. The van der Waals surface area contributed by atoms with E-state index < -0.39 is 18.1 Å². The molecule has 0 aliphatic heterocycles. The summed E-state index contributed by atoms with van der Waals surface area (Å²) < 4.78 is 11.3. The fourth-order valence-corrected chi connectivity index (χ4v) is 4.11. The second-order valence-electron chi connectivity index (χ2n) is 9.12. The highest BCUT2D eigenvalue weighted by atomic mass is 32.2. The van der Waals surface area contributed by atoms with Gasteiger partial charge in [0, 0.05) is 12.5 Å². The lowest BCUT2D eigenvalue weighted by molar-refractivity contribution is -0.149. The molecular weight excluding hydrogens is 484 g/mol. The molecule has 2 atom stereocenters. The van der Waals surface area contributed by atoms with Gasteiger partial charge in [0.25, 0.3) is 0 Å². The number of carbonyl (C=O) groups is 2. The molecule has 37 heavy (non-hydrogen) atoms. The second-order valence-corrected chi connectivity index (χ2v) is 9.93. The molecule has 0 spiro atoms. The van der Waals surface area contributed by atoms with Gasteiger partial charge < -0.3 is 20.1 Å². The van der Waals surface area contributed by atoms with Gasteiger partial charge in [-0.3, -0.25) is 4.79 Å². The first-order valence-electron chi connectivity index (χ1n) is 12.5. The molecule has 0 radical (unpaired) electrons. The van der Waals surface area contributed by atoms with Gasteiger partial charge in [-0.05, 0) is 41.5 Å². The van der Waals surface area contributed by atoms with Crippen molar-refractivity contribution in [2.24, 2.45) is 0 Å². The quantitative estimate of drug-likeness (QED) is 0.236. The molecule has 3 aromatic carbocycles. The van der Waals surface area contributed by atoms with E-state index in [1.54, 1.807) is 11.8 Å². The molecule has 2 N–H and O–H groups in total. The minimum atomic E-state index is -0.832. The van der Waals surface area contributed by atoms with E-state index in [1.807, 2.05) is 105 Å². The fourth-order valence-electron chi connectivity index (χ4n) is 3.86. The van der Waals surface area contributed by atoms with Crippen molar-refractivity contribution < 1.29 is 19.1 Å². The lowest BCUT2D eigenvalue weighted by Crippen LogP contribution is -2.53. The van der Waals surface area contributed by atoms with Crippen LogP contribution in [0.1, 0.15) is 30.5 Å². The van der Waals surface area contributed by atoms with Gasteiger partial charge in [-0.2, -0.15) is 0 Å². The number of thioether (sulfide) groups is 1. The first-order valence-corrected chi connectivity index (χ1v) is 13.9. The number of benzene rings is 3. The lowest BCUT2D eigenvalue weighted by atomic mass is 10.0. The van der Waals surface area contributed by atoms with Gasteiger partial charge in [-0.1, -0.05) is 86.6 Å². The van der Waals surface area contributed by atoms with E-state index in [0.717, 1.165) is 22.4 Å². The third-order valence-electron chi connectivity index (χ3n) is 5.67. The van der Waals surface area contributed by atoms with Crippen molar-refractivity contribution in [1.29, 1.82) is 0 Å². The van der Waals surface area contributed by atoms with E-state index in [1.165, 1.54) is 0 Å². The highest BCUT2D eigenvalue weighted by Crippen LogP contribution is 2.16. The van der Waals surface area contributed by atoms with Crippen LogP contribution in [-0.2, 0) is 33.8 Å². The molecule has 196 valence electrons. The Bertz CT molecular complexity index is 1090. The molecule has 3 aromatic rings. The van der Waals surface area contributed by atoms with E-state index in [2.05, 4.69) is 10.6 Å². The minimum absolute atomic E-state index is 0.0942. The number of esters is 1. The summed E-state index contributed by atoms with van der Waals surface area (Å²) in [6, 6.07) is 25.7. The van der Waals surface area contributed by atoms with Gasteiger partial charge in [0.2, 0.25) is 5.91 Å². The molecule has 6 nitrogen and oxygen atoms in total. The van der Waals surface area contributed by atoms with Crippen LogP contribution in [0, 0.1) is 0 Å². The molecule has 3 rings (SSSR count). The molecule has 0 saturated carbocycles. The van der Waals surface area contributed by atoms with Crippen molar-refractivity contribution in [2.45, 2.75) is 51.4 Å².